The summed E-state index contributed by atoms with van der Waals surface area (Å²) in [6, 6.07) is 5.26. The van der Waals surface area contributed by atoms with Crippen molar-refractivity contribution in [1.29, 1.82) is 0 Å². The van der Waals surface area contributed by atoms with Gasteiger partial charge in [0.25, 0.3) is 0 Å². The van der Waals surface area contributed by atoms with Gasteiger partial charge in [0.2, 0.25) is 0 Å². The Morgan fingerprint density at radius 1 is 1.27 bits per heavy atom. The highest BCUT2D eigenvalue weighted by molar-refractivity contribution is 7.91. The molecule has 2 N–H and O–H groups in total. The van der Waals surface area contributed by atoms with Gasteiger partial charge in [-0.1, -0.05) is 0 Å². The maximum atomic E-state index is 12.7. The van der Waals surface area contributed by atoms with Crippen LogP contribution in [0.4, 0.5) is 9.18 Å². The summed E-state index contributed by atoms with van der Waals surface area (Å²) >= 11 is 0. The Hall–Kier alpha value is -1.83. The second kappa shape index (κ2) is 7.44. The lowest BCUT2D eigenvalue weighted by Crippen LogP contribution is -2.40. The smallest absolute Gasteiger partial charge is 0.314 e. The van der Waals surface area contributed by atoms with Crippen molar-refractivity contribution in [3.63, 3.8) is 0 Å². The van der Waals surface area contributed by atoms with E-state index in [-0.39, 0.29) is 35.9 Å². The van der Waals surface area contributed by atoms with Crippen molar-refractivity contribution in [2.75, 3.05) is 31.2 Å². The molecule has 0 bridgehead atoms. The van der Waals surface area contributed by atoms with Crippen molar-refractivity contribution in [1.82, 2.24) is 10.6 Å². The van der Waals surface area contributed by atoms with Crippen molar-refractivity contribution in [2.24, 2.45) is 5.92 Å². The van der Waals surface area contributed by atoms with Crippen LogP contribution in [-0.2, 0) is 9.84 Å². The zero-order valence-corrected chi connectivity index (χ0v) is 12.9. The Morgan fingerprint density at radius 2 is 2.00 bits per heavy atom. The summed E-state index contributed by atoms with van der Waals surface area (Å²) in [7, 11) is -2.92. The number of ether oxygens (including phenoxy) is 1. The third kappa shape index (κ3) is 5.51. The molecule has 22 heavy (non-hydrogen) atoms. The number of urea groups is 1. The number of hydrogen-bond acceptors (Lipinski definition) is 4. The molecule has 1 aliphatic rings. The lowest BCUT2D eigenvalue weighted by atomic mass is 10.1. The molecule has 0 spiro atoms. The van der Waals surface area contributed by atoms with E-state index in [1.54, 1.807) is 0 Å². The molecule has 8 heteroatoms. The predicted molar refractivity (Wildman–Crippen MR) is 80.1 cm³/mol. The largest absolute Gasteiger partial charge is 0.492 e. The number of carbonyl (C=O) groups excluding carboxylic acids is 1. The highest BCUT2D eigenvalue weighted by Gasteiger charge is 2.27. The van der Waals surface area contributed by atoms with Crippen molar-refractivity contribution in [3.05, 3.63) is 30.1 Å². The molecule has 0 aromatic heterocycles. The van der Waals surface area contributed by atoms with E-state index in [9.17, 15) is 17.6 Å². The van der Waals surface area contributed by atoms with E-state index in [2.05, 4.69) is 10.6 Å². The third-order valence-corrected chi connectivity index (χ3v) is 5.19. The van der Waals surface area contributed by atoms with E-state index in [1.165, 1.54) is 24.3 Å². The summed E-state index contributed by atoms with van der Waals surface area (Å²) in [6.45, 7) is 0.910. The molecule has 1 saturated heterocycles. The summed E-state index contributed by atoms with van der Waals surface area (Å²) in [5, 5.41) is 5.26. The minimum Gasteiger partial charge on any atom is -0.492 e. The second-order valence-corrected chi connectivity index (χ2v) is 7.44. The third-order valence-electron chi connectivity index (χ3n) is 3.35. The molecule has 0 saturated carbocycles. The van der Waals surface area contributed by atoms with Crippen molar-refractivity contribution in [3.8, 4) is 5.75 Å². The zero-order chi connectivity index (χ0) is 16.0. The molecular weight excluding hydrogens is 311 g/mol. The first-order valence-corrected chi connectivity index (χ1v) is 8.87. The number of benzene rings is 1. The van der Waals surface area contributed by atoms with Crippen LogP contribution in [0.5, 0.6) is 5.75 Å². The Morgan fingerprint density at radius 3 is 2.64 bits per heavy atom. The predicted octanol–water partition coefficient (Wildman–Crippen LogP) is 0.938. The summed E-state index contributed by atoms with van der Waals surface area (Å²) in [5.41, 5.74) is 0. The average molecular weight is 330 g/mol. The normalized spacial score (nSPS) is 19.6. The van der Waals surface area contributed by atoms with Gasteiger partial charge in [-0.3, -0.25) is 0 Å². The minimum atomic E-state index is -2.92. The fourth-order valence-corrected chi connectivity index (χ4v) is 4.06. The highest BCUT2D eigenvalue weighted by atomic mass is 32.2. The van der Waals surface area contributed by atoms with E-state index in [4.69, 9.17) is 4.74 Å². The van der Waals surface area contributed by atoms with Crippen LogP contribution in [0.15, 0.2) is 24.3 Å². The number of carbonyl (C=O) groups is 1. The molecule has 2 rings (SSSR count). The SMILES string of the molecule is O=C(NCCOc1ccc(F)cc1)NC[C@@H]1CCS(=O)(=O)C1. The molecule has 122 valence electrons. The Labute approximate surface area is 129 Å². The number of sulfone groups is 1. The molecule has 1 atom stereocenters. The van der Waals surface area contributed by atoms with Crippen LogP contribution in [0.2, 0.25) is 0 Å². The van der Waals surface area contributed by atoms with Gasteiger partial charge >= 0.3 is 6.03 Å². The van der Waals surface area contributed by atoms with Crippen LogP contribution in [0.3, 0.4) is 0 Å². The van der Waals surface area contributed by atoms with Gasteiger partial charge in [-0.2, -0.15) is 0 Å². The monoisotopic (exact) mass is 330 g/mol. The fraction of sp³-hybridized carbons (Fsp3) is 0.500. The van der Waals surface area contributed by atoms with Gasteiger partial charge in [0.05, 0.1) is 18.1 Å². The molecule has 0 radical (unpaired) electrons. The molecule has 0 aliphatic carbocycles. The molecule has 1 aromatic carbocycles. The molecule has 1 fully saturated rings. The number of halogens is 1. The summed E-state index contributed by atoms with van der Waals surface area (Å²) in [4.78, 5) is 11.5. The quantitative estimate of drug-likeness (QED) is 0.760. The van der Waals surface area contributed by atoms with E-state index < -0.39 is 9.84 Å². The number of nitrogens with one attached hydrogen (secondary N) is 2. The molecule has 1 heterocycles. The van der Waals surface area contributed by atoms with Gasteiger partial charge in [-0.15, -0.1) is 0 Å². The van der Waals surface area contributed by atoms with Crippen molar-refractivity contribution >= 4 is 15.9 Å². The standard InChI is InChI=1S/C14H19FN2O4S/c15-12-1-3-13(4-2-12)21-7-6-16-14(18)17-9-11-5-8-22(19,20)10-11/h1-4,11H,5-10H2,(H2,16,17,18)/t11-/m0/s1. The number of hydrogen-bond donors (Lipinski definition) is 2. The topological polar surface area (TPSA) is 84.5 Å². The molecule has 1 aliphatic heterocycles. The van der Waals surface area contributed by atoms with Crippen molar-refractivity contribution in [2.45, 2.75) is 6.42 Å². The van der Waals surface area contributed by atoms with Gasteiger partial charge in [-0.25, -0.2) is 17.6 Å². The molecular formula is C14H19FN2O4S. The molecule has 6 nitrogen and oxygen atoms in total. The average Bonchev–Trinajstić information content (AvgIpc) is 2.83. The molecule has 0 unspecified atom stereocenters. The summed E-state index contributed by atoms with van der Waals surface area (Å²) in [5.74, 6) is 0.526. The van der Waals surface area contributed by atoms with Gasteiger partial charge in [0.15, 0.2) is 9.84 Å². The van der Waals surface area contributed by atoms with Gasteiger partial charge in [0.1, 0.15) is 18.2 Å². The molecule has 1 aromatic rings. The maximum Gasteiger partial charge on any atom is 0.314 e. The van der Waals surface area contributed by atoms with Gasteiger partial charge < -0.3 is 15.4 Å². The number of rotatable bonds is 6. The Bertz CT molecular complexity index is 604. The summed E-state index contributed by atoms with van der Waals surface area (Å²) in [6.07, 6.45) is 0.594. The van der Waals surface area contributed by atoms with Crippen LogP contribution < -0.4 is 15.4 Å². The summed E-state index contributed by atoms with van der Waals surface area (Å²) < 4.78 is 40.6. The van der Waals surface area contributed by atoms with E-state index in [0.717, 1.165) is 0 Å². The highest BCUT2D eigenvalue weighted by Crippen LogP contribution is 2.17. The van der Waals surface area contributed by atoms with E-state index >= 15 is 0 Å². The molecule has 2 amide bonds. The first-order valence-electron chi connectivity index (χ1n) is 7.05. The fourth-order valence-electron chi connectivity index (χ4n) is 2.20. The lowest BCUT2D eigenvalue weighted by Gasteiger charge is -2.11. The lowest BCUT2D eigenvalue weighted by molar-refractivity contribution is 0.235. The van der Waals surface area contributed by atoms with Gasteiger partial charge in [-0.05, 0) is 36.6 Å². The van der Waals surface area contributed by atoms with Gasteiger partial charge in [0, 0.05) is 6.54 Å². The maximum absolute atomic E-state index is 12.7. The van der Waals surface area contributed by atoms with Crippen LogP contribution in [0.25, 0.3) is 0 Å². The van der Waals surface area contributed by atoms with E-state index in [1.807, 2.05) is 0 Å². The van der Waals surface area contributed by atoms with Crippen LogP contribution in [0.1, 0.15) is 6.42 Å². The van der Waals surface area contributed by atoms with E-state index in [0.29, 0.717) is 25.3 Å². The Kier molecular flexibility index (Phi) is 5.59. The zero-order valence-electron chi connectivity index (χ0n) is 12.0. The van der Waals surface area contributed by atoms with Crippen LogP contribution in [0, 0.1) is 11.7 Å². The van der Waals surface area contributed by atoms with Crippen LogP contribution >= 0.6 is 0 Å². The van der Waals surface area contributed by atoms with Crippen molar-refractivity contribution < 1.29 is 22.3 Å². The number of amides is 2. The second-order valence-electron chi connectivity index (χ2n) is 5.21. The first kappa shape index (κ1) is 16.5. The van der Waals surface area contributed by atoms with Crippen LogP contribution in [-0.4, -0.2) is 45.7 Å². The Balaban J connectivity index is 1.57. The first-order chi connectivity index (χ1) is 10.4. The minimum absolute atomic E-state index is 0.00813.